The smallest absolute Gasteiger partial charge is 0.326 e. The molecule has 1 aromatic heterocycles. The molecule has 17 heteroatoms. The number of aromatic nitrogens is 1. The van der Waals surface area contributed by atoms with Crippen molar-refractivity contribution in [1.29, 1.82) is 0 Å². The molecule has 3 heterocycles. The topological polar surface area (TPSA) is 256 Å². The van der Waals surface area contributed by atoms with Gasteiger partial charge < -0.3 is 52.0 Å². The fourth-order valence-corrected chi connectivity index (χ4v) is 7.38. The van der Waals surface area contributed by atoms with Crippen LogP contribution in [0.3, 0.4) is 0 Å². The summed E-state index contributed by atoms with van der Waals surface area (Å²) in [7, 11) is 0. The van der Waals surface area contributed by atoms with Gasteiger partial charge in [0, 0.05) is 36.6 Å². The molecule has 6 amide bonds. The van der Waals surface area contributed by atoms with Crippen LogP contribution < -0.4 is 27.0 Å². The van der Waals surface area contributed by atoms with Gasteiger partial charge in [-0.05, 0) is 69.4 Å². The minimum atomic E-state index is -1.36. The number of aromatic amines is 1. The molecule has 0 spiro atoms. The van der Waals surface area contributed by atoms with Gasteiger partial charge in [0.15, 0.2) is 0 Å². The normalized spacial score (nSPS) is 20.2. The van der Waals surface area contributed by atoms with E-state index in [1.54, 1.807) is 20.0 Å². The van der Waals surface area contributed by atoms with E-state index in [1.807, 2.05) is 38.1 Å². The van der Waals surface area contributed by atoms with E-state index >= 15 is 0 Å². The fraction of sp³-hybridized carbons (Fsp3) is 0.615. The molecule has 9 N–H and O–H groups in total. The molecule has 8 atom stereocenters. The first kappa shape index (κ1) is 43.7. The molecule has 2 aliphatic rings. The second-order valence-corrected chi connectivity index (χ2v) is 15.8. The molecule has 2 aromatic rings. The largest absolute Gasteiger partial charge is 0.480 e. The van der Waals surface area contributed by atoms with Gasteiger partial charge in [-0.2, -0.15) is 0 Å². The van der Waals surface area contributed by atoms with Gasteiger partial charge >= 0.3 is 5.97 Å². The van der Waals surface area contributed by atoms with Crippen molar-refractivity contribution in [3.8, 4) is 0 Å². The highest BCUT2D eigenvalue weighted by Crippen LogP contribution is 2.23. The molecule has 0 bridgehead atoms. The number of aliphatic carboxylic acids is 1. The minimum absolute atomic E-state index is 0.00935. The molecule has 0 radical (unpaired) electrons. The number of rotatable bonds is 17. The van der Waals surface area contributed by atoms with E-state index in [0.717, 1.165) is 10.9 Å². The number of likely N-dealkylation sites (tertiary alicyclic amines) is 2. The third-order valence-electron chi connectivity index (χ3n) is 10.4. The second kappa shape index (κ2) is 19.2. The summed E-state index contributed by atoms with van der Waals surface area (Å²) >= 11 is 0. The van der Waals surface area contributed by atoms with E-state index in [1.165, 1.54) is 23.6 Å². The van der Waals surface area contributed by atoms with Crippen molar-refractivity contribution in [2.45, 2.75) is 128 Å². The number of carbonyl (C=O) groups excluding carboxylic acids is 6. The van der Waals surface area contributed by atoms with Crippen LogP contribution in [0.15, 0.2) is 30.5 Å². The Hall–Kier alpha value is -5.03. The highest BCUT2D eigenvalue weighted by atomic mass is 16.4. The molecule has 17 nitrogen and oxygen atoms in total. The Morgan fingerprint density at radius 3 is 1.98 bits per heavy atom. The van der Waals surface area contributed by atoms with Gasteiger partial charge in [-0.15, -0.1) is 0 Å². The lowest BCUT2D eigenvalue weighted by Gasteiger charge is -2.32. The van der Waals surface area contributed by atoms with E-state index in [0.29, 0.717) is 24.8 Å². The number of benzene rings is 1. The average molecular weight is 783 g/mol. The van der Waals surface area contributed by atoms with Crippen molar-refractivity contribution in [1.82, 2.24) is 36.1 Å². The van der Waals surface area contributed by atoms with Crippen LogP contribution in [-0.4, -0.2) is 128 Å². The molecule has 2 aliphatic heterocycles. The monoisotopic (exact) mass is 782 g/mol. The third-order valence-corrected chi connectivity index (χ3v) is 10.4. The quantitative estimate of drug-likeness (QED) is 0.108. The van der Waals surface area contributed by atoms with E-state index in [-0.39, 0.29) is 38.3 Å². The van der Waals surface area contributed by atoms with Crippen molar-refractivity contribution in [2.75, 3.05) is 13.1 Å². The SMILES string of the molecule is CC(C)C[C@H](NC(=O)[C@@H](NC(=O)[C@H](Cc1c[nH]c2ccccc12)NC(=O)[C@@H]1CCCN1C(=O)[C@@H](NC(=O)[C@H](C)N)[C@@H](C)O)C(C)C)C(=O)N1CCC[C@H]1C(=O)O. The van der Waals surface area contributed by atoms with Crippen LogP contribution in [0.5, 0.6) is 0 Å². The molecule has 2 fully saturated rings. The zero-order valence-electron chi connectivity index (χ0n) is 33.0. The number of carbonyl (C=O) groups is 7. The molecular weight excluding hydrogens is 724 g/mol. The number of nitrogens with one attached hydrogen (secondary N) is 5. The zero-order chi connectivity index (χ0) is 41.4. The van der Waals surface area contributed by atoms with Gasteiger partial charge in [0.25, 0.3) is 0 Å². The lowest BCUT2D eigenvalue weighted by Crippen LogP contribution is -2.61. The standard InChI is InChI=1S/C39H58N8O9/c1-20(2)17-28(37(53)47-16-10-14-30(47)39(55)56)43-36(52)31(21(3)4)44-34(50)27(18-24-19-41-26-12-8-7-11-25(24)26)42-35(51)29-13-9-15-46(29)38(54)32(23(6)48)45-33(49)22(5)40/h7-8,11-12,19-23,27-32,41,48H,9-10,13-18,40H2,1-6H3,(H,42,51)(H,43,52)(H,44,50)(H,45,49)(H,55,56)/t22-,23+,27-,28-,29-,30-,31-,32-/m0/s1. The van der Waals surface area contributed by atoms with Crippen LogP contribution in [0.25, 0.3) is 10.9 Å². The first-order valence-electron chi connectivity index (χ1n) is 19.4. The maximum Gasteiger partial charge on any atom is 0.326 e. The van der Waals surface area contributed by atoms with Crippen molar-refractivity contribution in [2.24, 2.45) is 17.6 Å². The summed E-state index contributed by atoms with van der Waals surface area (Å²) in [6.45, 7) is 10.4. The van der Waals surface area contributed by atoms with Crippen LogP contribution in [-0.2, 0) is 40.0 Å². The Bertz CT molecular complexity index is 1760. The summed E-state index contributed by atoms with van der Waals surface area (Å²) in [4.78, 5) is 99.5. The van der Waals surface area contributed by atoms with E-state index in [2.05, 4.69) is 26.3 Å². The average Bonchev–Trinajstić information content (AvgIpc) is 3.91. The van der Waals surface area contributed by atoms with Gasteiger partial charge in [-0.1, -0.05) is 45.9 Å². The zero-order valence-corrected chi connectivity index (χ0v) is 33.0. The summed E-state index contributed by atoms with van der Waals surface area (Å²) in [5, 5.41) is 31.8. The molecule has 1 aromatic carbocycles. The Labute approximate surface area is 326 Å². The van der Waals surface area contributed by atoms with Gasteiger partial charge in [0.2, 0.25) is 35.4 Å². The third kappa shape index (κ3) is 10.6. The first-order valence-corrected chi connectivity index (χ1v) is 19.4. The first-order chi connectivity index (χ1) is 26.4. The molecule has 308 valence electrons. The van der Waals surface area contributed by atoms with Gasteiger partial charge in [-0.25, -0.2) is 4.79 Å². The molecule has 0 saturated carbocycles. The van der Waals surface area contributed by atoms with Crippen molar-refractivity contribution < 1.29 is 43.8 Å². The van der Waals surface area contributed by atoms with Crippen LogP contribution in [0, 0.1) is 11.8 Å². The van der Waals surface area contributed by atoms with E-state index in [4.69, 9.17) is 5.73 Å². The molecule has 56 heavy (non-hydrogen) atoms. The van der Waals surface area contributed by atoms with Crippen LogP contribution in [0.2, 0.25) is 0 Å². The number of nitrogens with zero attached hydrogens (tertiary/aromatic N) is 2. The molecular formula is C39H58N8O9. The van der Waals surface area contributed by atoms with Crippen molar-refractivity contribution in [3.63, 3.8) is 0 Å². The number of nitrogens with two attached hydrogens (primary N) is 1. The number of carboxylic acid groups (broad SMARTS) is 1. The molecule has 0 unspecified atom stereocenters. The van der Waals surface area contributed by atoms with Crippen LogP contribution in [0.4, 0.5) is 0 Å². The molecule has 0 aliphatic carbocycles. The Morgan fingerprint density at radius 2 is 1.39 bits per heavy atom. The lowest BCUT2D eigenvalue weighted by molar-refractivity contribution is -0.149. The minimum Gasteiger partial charge on any atom is -0.480 e. The second-order valence-electron chi connectivity index (χ2n) is 15.8. The van der Waals surface area contributed by atoms with Gasteiger partial charge in [-0.3, -0.25) is 28.8 Å². The number of H-pyrrole nitrogens is 1. The summed E-state index contributed by atoms with van der Waals surface area (Å²) < 4.78 is 0. The number of amides is 6. The molecule has 4 rings (SSSR count). The highest BCUT2D eigenvalue weighted by Gasteiger charge is 2.42. The number of hydrogen-bond donors (Lipinski definition) is 8. The summed E-state index contributed by atoms with van der Waals surface area (Å²) in [5.74, 6) is -5.38. The maximum absolute atomic E-state index is 14.3. The highest BCUT2D eigenvalue weighted by molar-refractivity contribution is 5.98. The van der Waals surface area contributed by atoms with E-state index in [9.17, 15) is 43.8 Å². The van der Waals surface area contributed by atoms with Gasteiger partial charge in [0.1, 0.15) is 36.3 Å². The van der Waals surface area contributed by atoms with Crippen LogP contribution >= 0.6 is 0 Å². The summed E-state index contributed by atoms with van der Waals surface area (Å²) in [6, 6.07) is -0.293. The Balaban J connectivity index is 1.58. The maximum atomic E-state index is 14.3. The van der Waals surface area contributed by atoms with Crippen molar-refractivity contribution >= 4 is 52.3 Å². The van der Waals surface area contributed by atoms with Crippen molar-refractivity contribution in [3.05, 3.63) is 36.0 Å². The predicted molar refractivity (Wildman–Crippen MR) is 206 cm³/mol. The lowest BCUT2D eigenvalue weighted by atomic mass is 9.98. The predicted octanol–water partition coefficient (Wildman–Crippen LogP) is 0.146. The number of para-hydroxylation sites is 1. The van der Waals surface area contributed by atoms with E-state index < -0.39 is 95.7 Å². The number of carboxylic acids is 1. The number of aliphatic hydroxyl groups excluding tert-OH is 1. The summed E-state index contributed by atoms with van der Waals surface area (Å²) in [5.41, 5.74) is 7.19. The summed E-state index contributed by atoms with van der Waals surface area (Å²) in [6.07, 6.45) is 2.24. The Kier molecular flexibility index (Phi) is 15.0. The number of hydrogen-bond acceptors (Lipinski definition) is 9. The number of fused-ring (bicyclic) bond motifs is 1. The van der Waals surface area contributed by atoms with Crippen LogP contribution in [0.1, 0.15) is 79.2 Å². The Morgan fingerprint density at radius 1 is 0.786 bits per heavy atom. The fourth-order valence-electron chi connectivity index (χ4n) is 7.38. The molecule has 2 saturated heterocycles. The number of aliphatic hydroxyl groups is 1. The van der Waals surface area contributed by atoms with Gasteiger partial charge in [0.05, 0.1) is 12.1 Å².